The molecule has 0 fully saturated rings. The van der Waals surface area contributed by atoms with E-state index >= 15 is 0 Å². The zero-order valence-corrected chi connectivity index (χ0v) is 10.8. The summed E-state index contributed by atoms with van der Waals surface area (Å²) in [6.07, 6.45) is 1.77. The van der Waals surface area contributed by atoms with Crippen molar-refractivity contribution < 1.29 is 4.42 Å². The lowest BCUT2D eigenvalue weighted by Crippen LogP contribution is -2.03. The second kappa shape index (κ2) is 5.11. The Bertz CT molecular complexity index is 604. The van der Waals surface area contributed by atoms with Gasteiger partial charge < -0.3 is 4.42 Å². The second-order valence-corrected chi connectivity index (χ2v) is 4.56. The molecule has 0 saturated heterocycles. The first-order valence-corrected chi connectivity index (χ1v) is 6.37. The molecule has 3 rings (SSSR count). The van der Waals surface area contributed by atoms with Gasteiger partial charge in [-0.05, 0) is 18.1 Å². The molecule has 2 heteroatoms. The summed E-state index contributed by atoms with van der Waals surface area (Å²) in [4.78, 5) is 4.40. The van der Waals surface area contributed by atoms with Crippen molar-refractivity contribution in [1.29, 1.82) is 0 Å². The van der Waals surface area contributed by atoms with Gasteiger partial charge in [0, 0.05) is 0 Å². The molecule has 0 radical (unpaired) electrons. The average Bonchev–Trinajstić information content (AvgIpc) is 2.88. The summed E-state index contributed by atoms with van der Waals surface area (Å²) in [5, 5.41) is 0. The number of aromatic nitrogens is 1. The largest absolute Gasteiger partial charge is 0.445 e. The number of hydrogen-bond donors (Lipinski definition) is 0. The van der Waals surface area contributed by atoms with Gasteiger partial charge in [0.2, 0.25) is 5.89 Å². The number of rotatable bonds is 3. The summed E-state index contributed by atoms with van der Waals surface area (Å²) in [5.41, 5.74) is 2.38. The standard InChI is InChI=1S/C17H15NO/c1-13-12-18-17(19-13)16(14-8-4-2-5-9-14)15-10-6-3-7-11-15/h2-12,16H,1H3. The minimum atomic E-state index is 0.0519. The molecule has 0 aliphatic carbocycles. The Morgan fingerprint density at radius 1 is 0.842 bits per heavy atom. The third kappa shape index (κ3) is 2.43. The van der Waals surface area contributed by atoms with Crippen LogP contribution in [-0.2, 0) is 0 Å². The fraction of sp³-hybridized carbons (Fsp3) is 0.118. The van der Waals surface area contributed by atoms with Crippen LogP contribution in [0.1, 0.15) is 28.7 Å². The van der Waals surface area contributed by atoms with Crippen molar-refractivity contribution in [2.75, 3.05) is 0 Å². The highest BCUT2D eigenvalue weighted by molar-refractivity contribution is 5.37. The molecule has 0 aliphatic heterocycles. The van der Waals surface area contributed by atoms with Gasteiger partial charge >= 0.3 is 0 Å². The lowest BCUT2D eigenvalue weighted by Gasteiger charge is -2.14. The molecule has 2 aromatic carbocycles. The van der Waals surface area contributed by atoms with E-state index in [0.717, 1.165) is 11.7 Å². The Hall–Kier alpha value is -2.35. The van der Waals surface area contributed by atoms with Gasteiger partial charge in [-0.15, -0.1) is 0 Å². The van der Waals surface area contributed by atoms with E-state index in [9.17, 15) is 0 Å². The third-order valence-electron chi connectivity index (χ3n) is 3.15. The summed E-state index contributed by atoms with van der Waals surface area (Å²) in [6, 6.07) is 20.6. The van der Waals surface area contributed by atoms with E-state index in [2.05, 4.69) is 29.2 Å². The quantitative estimate of drug-likeness (QED) is 0.696. The molecule has 94 valence electrons. The Labute approximate surface area is 112 Å². The van der Waals surface area contributed by atoms with Crippen LogP contribution in [0.4, 0.5) is 0 Å². The second-order valence-electron chi connectivity index (χ2n) is 4.56. The molecule has 0 atom stereocenters. The van der Waals surface area contributed by atoms with Crippen LogP contribution in [0.15, 0.2) is 71.3 Å². The van der Waals surface area contributed by atoms with Crippen molar-refractivity contribution >= 4 is 0 Å². The first kappa shape index (κ1) is 11.7. The summed E-state index contributed by atoms with van der Waals surface area (Å²) in [7, 11) is 0. The first-order valence-electron chi connectivity index (χ1n) is 6.37. The molecule has 0 unspecified atom stereocenters. The highest BCUT2D eigenvalue weighted by Gasteiger charge is 2.20. The molecular weight excluding hydrogens is 234 g/mol. The van der Waals surface area contributed by atoms with Crippen LogP contribution >= 0.6 is 0 Å². The van der Waals surface area contributed by atoms with E-state index in [1.54, 1.807) is 6.20 Å². The van der Waals surface area contributed by atoms with Crippen molar-refractivity contribution in [2.24, 2.45) is 0 Å². The van der Waals surface area contributed by atoms with Crippen molar-refractivity contribution in [3.63, 3.8) is 0 Å². The minimum Gasteiger partial charge on any atom is -0.445 e. The van der Waals surface area contributed by atoms with E-state index in [1.807, 2.05) is 43.3 Å². The molecule has 19 heavy (non-hydrogen) atoms. The smallest absolute Gasteiger partial charge is 0.206 e. The average molecular weight is 249 g/mol. The van der Waals surface area contributed by atoms with Crippen molar-refractivity contribution in [1.82, 2.24) is 4.98 Å². The topological polar surface area (TPSA) is 26.0 Å². The van der Waals surface area contributed by atoms with Crippen LogP contribution in [0.25, 0.3) is 0 Å². The third-order valence-corrected chi connectivity index (χ3v) is 3.15. The van der Waals surface area contributed by atoms with Crippen LogP contribution in [0.2, 0.25) is 0 Å². The van der Waals surface area contributed by atoms with Gasteiger partial charge in [0.1, 0.15) is 5.76 Å². The maximum Gasteiger partial charge on any atom is 0.206 e. The van der Waals surface area contributed by atoms with E-state index in [4.69, 9.17) is 4.42 Å². The van der Waals surface area contributed by atoms with Crippen LogP contribution < -0.4 is 0 Å². The summed E-state index contributed by atoms with van der Waals surface area (Å²) < 4.78 is 5.74. The molecular formula is C17H15NO. The molecule has 3 aromatic rings. The van der Waals surface area contributed by atoms with E-state index in [1.165, 1.54) is 11.1 Å². The minimum absolute atomic E-state index is 0.0519. The Morgan fingerprint density at radius 3 is 1.79 bits per heavy atom. The molecule has 2 nitrogen and oxygen atoms in total. The number of hydrogen-bond acceptors (Lipinski definition) is 2. The highest BCUT2D eigenvalue weighted by atomic mass is 16.4. The molecule has 0 N–H and O–H groups in total. The molecule has 1 heterocycles. The lowest BCUT2D eigenvalue weighted by molar-refractivity contribution is 0.465. The van der Waals surface area contributed by atoms with Gasteiger partial charge in [0.15, 0.2) is 0 Å². The zero-order valence-electron chi connectivity index (χ0n) is 10.8. The van der Waals surface area contributed by atoms with Crippen LogP contribution in [-0.4, -0.2) is 4.98 Å². The van der Waals surface area contributed by atoms with Crippen molar-refractivity contribution in [2.45, 2.75) is 12.8 Å². The fourth-order valence-corrected chi connectivity index (χ4v) is 2.27. The lowest BCUT2D eigenvalue weighted by atomic mass is 9.91. The maximum atomic E-state index is 5.74. The zero-order chi connectivity index (χ0) is 13.1. The van der Waals surface area contributed by atoms with Gasteiger partial charge in [-0.1, -0.05) is 60.7 Å². The molecule has 1 aromatic heterocycles. The first-order chi connectivity index (χ1) is 9.34. The monoisotopic (exact) mass is 249 g/mol. The number of benzene rings is 2. The van der Waals surface area contributed by atoms with E-state index < -0.39 is 0 Å². The van der Waals surface area contributed by atoms with Crippen molar-refractivity contribution in [3.05, 3.63) is 89.6 Å². The highest BCUT2D eigenvalue weighted by Crippen LogP contribution is 2.31. The summed E-state index contributed by atoms with van der Waals surface area (Å²) >= 11 is 0. The molecule has 0 saturated carbocycles. The summed E-state index contributed by atoms with van der Waals surface area (Å²) in [6.45, 7) is 1.92. The van der Waals surface area contributed by atoms with Gasteiger partial charge in [-0.2, -0.15) is 0 Å². The predicted molar refractivity (Wildman–Crippen MR) is 75.1 cm³/mol. The molecule has 0 spiro atoms. The Kier molecular flexibility index (Phi) is 3.15. The van der Waals surface area contributed by atoms with Crippen LogP contribution in [0.5, 0.6) is 0 Å². The number of nitrogens with zero attached hydrogens (tertiary/aromatic N) is 1. The van der Waals surface area contributed by atoms with Gasteiger partial charge in [-0.3, -0.25) is 0 Å². The molecule has 0 amide bonds. The van der Waals surface area contributed by atoms with Crippen molar-refractivity contribution in [3.8, 4) is 0 Å². The van der Waals surface area contributed by atoms with Gasteiger partial charge in [0.05, 0.1) is 12.1 Å². The normalized spacial score (nSPS) is 10.8. The number of oxazole rings is 1. The molecule has 0 aliphatic rings. The Balaban J connectivity index is 2.11. The Morgan fingerprint density at radius 2 is 1.37 bits per heavy atom. The van der Waals surface area contributed by atoms with Crippen LogP contribution in [0, 0.1) is 6.92 Å². The predicted octanol–water partition coefficient (Wildman–Crippen LogP) is 4.16. The summed E-state index contributed by atoms with van der Waals surface area (Å²) in [5.74, 6) is 1.64. The van der Waals surface area contributed by atoms with Crippen LogP contribution in [0.3, 0.4) is 0 Å². The van der Waals surface area contributed by atoms with E-state index in [0.29, 0.717) is 0 Å². The number of aryl methyl sites for hydroxylation is 1. The SMILES string of the molecule is Cc1cnc(C(c2ccccc2)c2ccccc2)o1. The van der Waals surface area contributed by atoms with E-state index in [-0.39, 0.29) is 5.92 Å². The molecule has 0 bridgehead atoms. The fourth-order valence-electron chi connectivity index (χ4n) is 2.27. The maximum absolute atomic E-state index is 5.74. The van der Waals surface area contributed by atoms with Gasteiger partial charge in [0.25, 0.3) is 0 Å². The van der Waals surface area contributed by atoms with Gasteiger partial charge in [-0.25, -0.2) is 4.98 Å².